The Hall–Kier alpha value is -1.47. The van der Waals surface area contributed by atoms with E-state index in [1.54, 1.807) is 25.2 Å². The van der Waals surface area contributed by atoms with Gasteiger partial charge in [0.05, 0.1) is 17.2 Å². The zero-order chi connectivity index (χ0) is 16.9. The van der Waals surface area contributed by atoms with Crippen LogP contribution >= 0.6 is 21.6 Å². The summed E-state index contributed by atoms with van der Waals surface area (Å²) in [5, 5.41) is 4.17. The normalized spacial score (nSPS) is 17.3. The minimum absolute atomic E-state index is 0.00325. The number of carbonyl (C=O) groups excluding carboxylic acids is 1. The van der Waals surface area contributed by atoms with E-state index in [0.717, 1.165) is 18.1 Å². The van der Waals surface area contributed by atoms with Crippen molar-refractivity contribution in [2.75, 3.05) is 11.1 Å². The van der Waals surface area contributed by atoms with Gasteiger partial charge in [-0.05, 0) is 37.5 Å². The van der Waals surface area contributed by atoms with Crippen LogP contribution in [0, 0.1) is 0 Å². The third-order valence-electron chi connectivity index (χ3n) is 4.11. The van der Waals surface area contributed by atoms with Crippen molar-refractivity contribution in [2.24, 2.45) is 7.05 Å². The number of fused-ring (bicyclic) bond motifs is 1. The Morgan fingerprint density at radius 1 is 1.42 bits per heavy atom. The number of unbranched alkanes of at least 4 members (excludes halogenated alkanes) is 1. The number of carbonyl (C=O) groups is 1. The first-order valence-electron chi connectivity index (χ1n) is 8.17. The molecule has 1 aromatic carbocycles. The summed E-state index contributed by atoms with van der Waals surface area (Å²) in [5.74, 6) is 1.26. The molecule has 1 aliphatic rings. The molecule has 7 heteroatoms. The van der Waals surface area contributed by atoms with E-state index in [2.05, 4.69) is 10.3 Å². The zero-order valence-corrected chi connectivity index (χ0v) is 15.3. The van der Waals surface area contributed by atoms with Gasteiger partial charge < -0.3 is 9.88 Å². The van der Waals surface area contributed by atoms with Crippen LogP contribution in [0.25, 0.3) is 10.9 Å². The summed E-state index contributed by atoms with van der Waals surface area (Å²) in [5.41, 5.74) is 1.19. The van der Waals surface area contributed by atoms with Crippen molar-refractivity contribution in [2.45, 2.75) is 37.4 Å². The highest BCUT2D eigenvalue weighted by Gasteiger charge is 2.15. The number of hydrogen-bond acceptors (Lipinski definition) is 5. The predicted molar refractivity (Wildman–Crippen MR) is 103 cm³/mol. The summed E-state index contributed by atoms with van der Waals surface area (Å²) in [7, 11) is 5.61. The molecule has 1 aromatic heterocycles. The van der Waals surface area contributed by atoms with Crippen LogP contribution in [0.4, 0.5) is 5.69 Å². The second kappa shape index (κ2) is 8.07. The number of rotatable bonds is 6. The number of benzene rings is 1. The molecular weight excluding hydrogens is 342 g/mol. The molecule has 2 aromatic rings. The summed E-state index contributed by atoms with van der Waals surface area (Å²) in [6, 6.07) is 5.26. The van der Waals surface area contributed by atoms with Gasteiger partial charge in [-0.25, -0.2) is 4.98 Å². The molecule has 128 valence electrons. The van der Waals surface area contributed by atoms with Crippen LogP contribution in [-0.2, 0) is 11.8 Å². The lowest BCUT2D eigenvalue weighted by Crippen LogP contribution is -2.17. The maximum Gasteiger partial charge on any atom is 0.260 e. The molecule has 5 nitrogen and oxygen atoms in total. The van der Waals surface area contributed by atoms with Crippen LogP contribution in [0.5, 0.6) is 0 Å². The Labute approximate surface area is 149 Å². The Bertz CT molecular complexity index is 785. The van der Waals surface area contributed by atoms with E-state index >= 15 is 0 Å². The first kappa shape index (κ1) is 17.4. The predicted octanol–water partition coefficient (Wildman–Crippen LogP) is 3.59. The van der Waals surface area contributed by atoms with E-state index in [-0.39, 0.29) is 11.5 Å². The van der Waals surface area contributed by atoms with Gasteiger partial charge in [0.2, 0.25) is 5.91 Å². The SMILES string of the molecule is Cn1cnc2ccc(NC(=O)CCCC[C@@H]3CCSS3)cc2c1=O. The second-order valence-corrected chi connectivity index (χ2v) is 8.80. The molecule has 1 atom stereocenters. The van der Waals surface area contributed by atoms with Crippen LogP contribution in [0.3, 0.4) is 0 Å². The van der Waals surface area contributed by atoms with Crippen molar-refractivity contribution in [1.82, 2.24) is 9.55 Å². The van der Waals surface area contributed by atoms with Crippen LogP contribution in [0.15, 0.2) is 29.3 Å². The van der Waals surface area contributed by atoms with Gasteiger partial charge in [0.25, 0.3) is 5.56 Å². The van der Waals surface area contributed by atoms with Crippen molar-refractivity contribution in [3.63, 3.8) is 0 Å². The van der Waals surface area contributed by atoms with Gasteiger partial charge >= 0.3 is 0 Å². The van der Waals surface area contributed by atoms with Crippen molar-refractivity contribution in [3.05, 3.63) is 34.9 Å². The minimum atomic E-state index is -0.108. The monoisotopic (exact) mass is 363 g/mol. The molecule has 0 spiro atoms. The highest BCUT2D eigenvalue weighted by molar-refractivity contribution is 8.77. The quantitative estimate of drug-likeness (QED) is 0.628. The van der Waals surface area contributed by atoms with E-state index in [9.17, 15) is 9.59 Å². The molecule has 1 aliphatic heterocycles. The maximum absolute atomic E-state index is 12.1. The van der Waals surface area contributed by atoms with Gasteiger partial charge in [-0.1, -0.05) is 28.0 Å². The highest BCUT2D eigenvalue weighted by atomic mass is 33.1. The summed E-state index contributed by atoms with van der Waals surface area (Å²) in [6.45, 7) is 0. The van der Waals surface area contributed by atoms with Crippen LogP contribution < -0.4 is 10.9 Å². The minimum Gasteiger partial charge on any atom is -0.326 e. The molecule has 1 saturated heterocycles. The van der Waals surface area contributed by atoms with Gasteiger partial charge in [0.1, 0.15) is 0 Å². The number of nitrogens with zero attached hydrogens (tertiary/aromatic N) is 2. The lowest BCUT2D eigenvalue weighted by atomic mass is 10.1. The molecule has 0 unspecified atom stereocenters. The van der Waals surface area contributed by atoms with E-state index in [0.29, 0.717) is 23.0 Å². The average Bonchev–Trinajstić information content (AvgIpc) is 3.09. The summed E-state index contributed by atoms with van der Waals surface area (Å²) >= 11 is 0. The van der Waals surface area contributed by atoms with Gasteiger partial charge in [-0.15, -0.1) is 0 Å². The molecule has 0 saturated carbocycles. The molecule has 1 N–H and O–H groups in total. The molecule has 0 bridgehead atoms. The molecule has 0 radical (unpaired) electrons. The largest absolute Gasteiger partial charge is 0.326 e. The smallest absolute Gasteiger partial charge is 0.260 e. The van der Waals surface area contributed by atoms with Gasteiger partial charge in [-0.3, -0.25) is 9.59 Å². The van der Waals surface area contributed by atoms with Crippen LogP contribution in [0.1, 0.15) is 32.1 Å². The van der Waals surface area contributed by atoms with Gasteiger partial charge in [0, 0.05) is 30.2 Å². The zero-order valence-electron chi connectivity index (χ0n) is 13.7. The number of aryl methyl sites for hydroxylation is 1. The van der Waals surface area contributed by atoms with Gasteiger partial charge in [-0.2, -0.15) is 0 Å². The fourth-order valence-corrected chi connectivity index (χ4v) is 5.76. The highest BCUT2D eigenvalue weighted by Crippen LogP contribution is 2.39. The van der Waals surface area contributed by atoms with Crippen molar-refractivity contribution in [3.8, 4) is 0 Å². The van der Waals surface area contributed by atoms with E-state index in [4.69, 9.17) is 0 Å². The summed E-state index contributed by atoms with van der Waals surface area (Å²) in [6.07, 6.45) is 6.51. The van der Waals surface area contributed by atoms with Crippen LogP contribution in [0.2, 0.25) is 0 Å². The van der Waals surface area contributed by atoms with Crippen molar-refractivity contribution < 1.29 is 4.79 Å². The second-order valence-electron chi connectivity index (χ2n) is 6.02. The molecule has 3 rings (SSSR count). The number of anilines is 1. The lowest BCUT2D eigenvalue weighted by Gasteiger charge is -2.08. The molecular formula is C17H21N3O2S2. The number of aromatic nitrogens is 2. The Kier molecular flexibility index (Phi) is 5.84. The van der Waals surface area contributed by atoms with E-state index in [1.165, 1.54) is 29.5 Å². The van der Waals surface area contributed by atoms with Crippen molar-refractivity contribution in [1.29, 1.82) is 0 Å². The van der Waals surface area contributed by atoms with Crippen molar-refractivity contribution >= 4 is 44.1 Å². The fourth-order valence-electron chi connectivity index (χ4n) is 2.73. The van der Waals surface area contributed by atoms with Crippen LogP contribution in [-0.4, -0.2) is 26.5 Å². The van der Waals surface area contributed by atoms with Gasteiger partial charge in [0.15, 0.2) is 0 Å². The summed E-state index contributed by atoms with van der Waals surface area (Å²) < 4.78 is 1.44. The molecule has 24 heavy (non-hydrogen) atoms. The Morgan fingerprint density at radius 3 is 3.08 bits per heavy atom. The number of amides is 1. The summed E-state index contributed by atoms with van der Waals surface area (Å²) in [4.78, 5) is 28.4. The molecule has 1 fully saturated rings. The van der Waals surface area contributed by atoms with E-state index < -0.39 is 0 Å². The first-order chi connectivity index (χ1) is 11.6. The third-order valence-corrected chi connectivity index (χ3v) is 7.12. The molecule has 1 amide bonds. The fraction of sp³-hybridized carbons (Fsp3) is 0.471. The lowest BCUT2D eigenvalue weighted by molar-refractivity contribution is -0.116. The van der Waals surface area contributed by atoms with E-state index in [1.807, 2.05) is 21.6 Å². The maximum atomic E-state index is 12.1. The standard InChI is InChI=1S/C17H21N3O2S2/c1-20-11-18-15-7-6-12(10-14(15)17(20)22)19-16(21)5-3-2-4-13-8-9-23-24-13/h6-7,10-11,13H,2-5,8-9H2,1H3,(H,19,21)/t13-/m1/s1. The average molecular weight is 364 g/mol. The Balaban J connectivity index is 1.53. The number of hydrogen-bond donors (Lipinski definition) is 1. The third kappa shape index (κ3) is 4.33. The Morgan fingerprint density at radius 2 is 2.29 bits per heavy atom. The molecule has 2 heterocycles. The molecule has 0 aliphatic carbocycles. The first-order valence-corrected chi connectivity index (χ1v) is 10.6. The number of nitrogens with one attached hydrogen (secondary N) is 1. The topological polar surface area (TPSA) is 64.0 Å².